The highest BCUT2D eigenvalue weighted by Gasteiger charge is 2.38. The summed E-state index contributed by atoms with van der Waals surface area (Å²) in [6.07, 6.45) is 5.32. The van der Waals surface area contributed by atoms with E-state index in [0.717, 1.165) is 32.0 Å². The van der Waals surface area contributed by atoms with Gasteiger partial charge >= 0.3 is 0 Å². The fourth-order valence-electron chi connectivity index (χ4n) is 3.82. The van der Waals surface area contributed by atoms with Crippen LogP contribution in [0.25, 0.3) is 0 Å². The average Bonchev–Trinajstić information content (AvgIpc) is 2.94. The molecule has 5 nitrogen and oxygen atoms in total. The Bertz CT molecular complexity index is 393. The minimum absolute atomic E-state index is 0.0739. The maximum Gasteiger partial charge on any atom is 0.230 e. The van der Waals surface area contributed by atoms with E-state index < -0.39 is 0 Å². The molecule has 5 heteroatoms. The Morgan fingerprint density at radius 2 is 1.95 bits per heavy atom. The molecule has 0 aromatic carbocycles. The summed E-state index contributed by atoms with van der Waals surface area (Å²) in [5, 5.41) is 4.34. The van der Waals surface area contributed by atoms with E-state index in [9.17, 15) is 0 Å². The molecule has 3 rings (SSSR count). The van der Waals surface area contributed by atoms with Gasteiger partial charge in [0.1, 0.15) is 0 Å². The van der Waals surface area contributed by atoms with Gasteiger partial charge in [-0.25, -0.2) is 0 Å². The number of likely N-dealkylation sites (tertiary alicyclic amines) is 2. The largest absolute Gasteiger partial charge is 0.470 e. The van der Waals surface area contributed by atoms with Gasteiger partial charge < -0.3 is 14.5 Å². The molecule has 3 heterocycles. The number of oxime groups is 1. The molecule has 3 aliphatic rings. The molecule has 3 aliphatic heterocycles. The van der Waals surface area contributed by atoms with Gasteiger partial charge in [0.25, 0.3) is 0 Å². The van der Waals surface area contributed by atoms with Gasteiger partial charge in [-0.15, -0.1) is 0 Å². The fourth-order valence-corrected chi connectivity index (χ4v) is 3.82. The molecular weight excluding hydrogens is 278 g/mol. The number of hydrogen-bond donors (Lipinski definition) is 0. The van der Waals surface area contributed by atoms with Gasteiger partial charge in [0.2, 0.25) is 5.90 Å². The third-order valence-electron chi connectivity index (χ3n) is 5.19. The summed E-state index contributed by atoms with van der Waals surface area (Å²) in [4.78, 5) is 10.7. The lowest BCUT2D eigenvalue weighted by Crippen LogP contribution is -2.49. The van der Waals surface area contributed by atoms with Crippen LogP contribution >= 0.6 is 0 Å². The van der Waals surface area contributed by atoms with Crippen molar-refractivity contribution < 1.29 is 9.57 Å². The summed E-state index contributed by atoms with van der Waals surface area (Å²) < 4.78 is 6.35. The molecule has 2 saturated heterocycles. The zero-order valence-electron chi connectivity index (χ0n) is 14.3. The molecule has 2 fully saturated rings. The number of hydrogen-bond acceptors (Lipinski definition) is 5. The van der Waals surface area contributed by atoms with Crippen molar-refractivity contribution in [1.82, 2.24) is 9.80 Å². The van der Waals surface area contributed by atoms with Crippen molar-refractivity contribution in [3.05, 3.63) is 0 Å². The van der Waals surface area contributed by atoms with Crippen LogP contribution in [0.2, 0.25) is 0 Å². The highest BCUT2D eigenvalue weighted by Crippen LogP contribution is 2.26. The standard InChI is InChI=1S/C17H31N3O2/c1-13(2)16-15(12-20-8-5-4-6-9-20)21-17(18-22-16)14-7-10-19(3)11-14/h13-16H,4-12H2,1-3H3. The van der Waals surface area contributed by atoms with Gasteiger partial charge in [-0.3, -0.25) is 4.90 Å². The van der Waals surface area contributed by atoms with E-state index in [-0.39, 0.29) is 12.2 Å². The first-order valence-electron chi connectivity index (χ1n) is 8.94. The van der Waals surface area contributed by atoms with Crippen molar-refractivity contribution >= 4 is 5.90 Å². The Kier molecular flexibility index (Phi) is 5.24. The molecule has 3 atom stereocenters. The van der Waals surface area contributed by atoms with E-state index in [2.05, 4.69) is 35.9 Å². The highest BCUT2D eigenvalue weighted by atomic mass is 16.7. The predicted molar refractivity (Wildman–Crippen MR) is 87.9 cm³/mol. The Balaban J connectivity index is 1.64. The van der Waals surface area contributed by atoms with E-state index >= 15 is 0 Å². The Morgan fingerprint density at radius 3 is 2.59 bits per heavy atom. The SMILES string of the molecule is CC(C)C1ON=C(C2CCN(C)C2)OC1CN1CCCCC1. The van der Waals surface area contributed by atoms with Crippen LogP contribution in [0, 0.1) is 11.8 Å². The second-order valence-corrected chi connectivity index (χ2v) is 7.51. The fraction of sp³-hybridized carbons (Fsp3) is 0.941. The van der Waals surface area contributed by atoms with Gasteiger partial charge in [0.05, 0.1) is 5.92 Å². The Morgan fingerprint density at radius 1 is 1.18 bits per heavy atom. The van der Waals surface area contributed by atoms with Crippen molar-refractivity contribution in [2.45, 2.75) is 51.7 Å². The molecule has 0 amide bonds. The summed E-state index contributed by atoms with van der Waals surface area (Å²) >= 11 is 0. The van der Waals surface area contributed by atoms with Gasteiger partial charge in [0, 0.05) is 13.1 Å². The van der Waals surface area contributed by atoms with E-state index in [1.165, 1.54) is 32.4 Å². The van der Waals surface area contributed by atoms with Crippen molar-refractivity contribution in [3.8, 4) is 0 Å². The van der Waals surface area contributed by atoms with Crippen molar-refractivity contribution in [2.24, 2.45) is 17.0 Å². The molecule has 0 aliphatic carbocycles. The van der Waals surface area contributed by atoms with Crippen LogP contribution in [0.1, 0.15) is 39.5 Å². The molecule has 0 radical (unpaired) electrons. The predicted octanol–water partition coefficient (Wildman–Crippen LogP) is 2.18. The Hall–Kier alpha value is -0.810. The van der Waals surface area contributed by atoms with Gasteiger partial charge in [-0.05, 0) is 51.9 Å². The third-order valence-corrected chi connectivity index (χ3v) is 5.19. The second kappa shape index (κ2) is 7.18. The lowest BCUT2D eigenvalue weighted by molar-refractivity contribution is -0.0963. The maximum absolute atomic E-state index is 6.35. The highest BCUT2D eigenvalue weighted by molar-refractivity contribution is 5.79. The molecule has 22 heavy (non-hydrogen) atoms. The van der Waals surface area contributed by atoms with Crippen LogP contribution in [0.4, 0.5) is 0 Å². The normalized spacial score (nSPS) is 34.4. The third kappa shape index (κ3) is 3.74. The average molecular weight is 309 g/mol. The van der Waals surface area contributed by atoms with Crippen molar-refractivity contribution in [2.75, 3.05) is 39.8 Å². The first kappa shape index (κ1) is 16.1. The Labute approximate surface area is 134 Å². The summed E-state index contributed by atoms with van der Waals surface area (Å²) in [7, 11) is 2.16. The van der Waals surface area contributed by atoms with Crippen LogP contribution < -0.4 is 0 Å². The second-order valence-electron chi connectivity index (χ2n) is 7.51. The molecule has 0 N–H and O–H groups in total. The minimum atomic E-state index is 0.0739. The minimum Gasteiger partial charge on any atom is -0.470 e. The van der Waals surface area contributed by atoms with Crippen LogP contribution in [0.3, 0.4) is 0 Å². The quantitative estimate of drug-likeness (QED) is 0.798. The zero-order chi connectivity index (χ0) is 15.5. The van der Waals surface area contributed by atoms with Crippen LogP contribution in [-0.2, 0) is 9.57 Å². The van der Waals surface area contributed by atoms with Gasteiger partial charge in [-0.1, -0.05) is 25.4 Å². The monoisotopic (exact) mass is 309 g/mol. The lowest BCUT2D eigenvalue weighted by atomic mass is 9.99. The van der Waals surface area contributed by atoms with Crippen LogP contribution in [0.15, 0.2) is 5.16 Å². The van der Waals surface area contributed by atoms with Crippen molar-refractivity contribution in [3.63, 3.8) is 0 Å². The molecule has 0 saturated carbocycles. The topological polar surface area (TPSA) is 37.3 Å². The summed E-state index contributed by atoms with van der Waals surface area (Å²) in [5.74, 6) is 1.66. The summed E-state index contributed by atoms with van der Waals surface area (Å²) in [6.45, 7) is 9.92. The van der Waals surface area contributed by atoms with Gasteiger partial charge in [-0.2, -0.15) is 0 Å². The number of ether oxygens (including phenoxy) is 1. The molecular formula is C17H31N3O2. The van der Waals surface area contributed by atoms with E-state index in [1.54, 1.807) is 0 Å². The molecule has 3 unspecified atom stereocenters. The first-order chi connectivity index (χ1) is 10.6. The van der Waals surface area contributed by atoms with Crippen molar-refractivity contribution in [1.29, 1.82) is 0 Å². The van der Waals surface area contributed by atoms with Gasteiger partial charge in [0.15, 0.2) is 12.2 Å². The molecule has 0 aromatic rings. The molecule has 0 aromatic heterocycles. The van der Waals surface area contributed by atoms with E-state index in [4.69, 9.17) is 9.57 Å². The lowest BCUT2D eigenvalue weighted by Gasteiger charge is -2.37. The number of nitrogens with zero attached hydrogens (tertiary/aromatic N) is 3. The summed E-state index contributed by atoms with van der Waals surface area (Å²) in [6, 6.07) is 0. The molecule has 126 valence electrons. The maximum atomic E-state index is 6.35. The van der Waals surface area contributed by atoms with Crippen LogP contribution in [-0.4, -0.2) is 67.7 Å². The zero-order valence-corrected chi connectivity index (χ0v) is 14.3. The smallest absolute Gasteiger partial charge is 0.230 e. The molecule has 0 spiro atoms. The van der Waals surface area contributed by atoms with Crippen LogP contribution in [0.5, 0.6) is 0 Å². The number of piperidine rings is 1. The summed E-state index contributed by atoms with van der Waals surface area (Å²) in [5.41, 5.74) is 0. The number of rotatable bonds is 4. The molecule has 0 bridgehead atoms. The van der Waals surface area contributed by atoms with E-state index in [0.29, 0.717) is 11.8 Å². The first-order valence-corrected chi connectivity index (χ1v) is 8.94. The van der Waals surface area contributed by atoms with E-state index in [1.807, 2.05) is 0 Å².